The van der Waals surface area contributed by atoms with E-state index in [1.807, 2.05) is 19.2 Å². The zero-order valence-corrected chi connectivity index (χ0v) is 12.4. The van der Waals surface area contributed by atoms with Crippen LogP contribution in [0, 0.1) is 0 Å². The zero-order chi connectivity index (χ0) is 14.5. The van der Waals surface area contributed by atoms with Gasteiger partial charge in [0, 0.05) is 25.7 Å². The van der Waals surface area contributed by atoms with Crippen LogP contribution in [-0.2, 0) is 11.3 Å². The Morgan fingerprint density at radius 1 is 1.55 bits per heavy atom. The Hall–Kier alpha value is -1.33. The van der Waals surface area contributed by atoms with Crippen LogP contribution in [-0.4, -0.2) is 47.9 Å². The van der Waals surface area contributed by atoms with Crippen molar-refractivity contribution in [3.05, 3.63) is 24.2 Å². The number of carbonyl (C=O) groups excluding carboxylic acids is 1. The SMILES string of the molecule is CC1CCCC(CN)N1CC(=O)N(C)Cc1ccco1. The van der Waals surface area contributed by atoms with Crippen LogP contribution in [0.1, 0.15) is 31.9 Å². The third kappa shape index (κ3) is 3.61. The van der Waals surface area contributed by atoms with Crippen molar-refractivity contribution in [3.63, 3.8) is 0 Å². The van der Waals surface area contributed by atoms with E-state index in [-0.39, 0.29) is 5.91 Å². The van der Waals surface area contributed by atoms with Crippen LogP contribution in [0.25, 0.3) is 0 Å². The molecule has 0 aromatic carbocycles. The number of rotatable bonds is 5. The first-order valence-corrected chi connectivity index (χ1v) is 7.34. The molecule has 0 saturated carbocycles. The molecule has 0 spiro atoms. The van der Waals surface area contributed by atoms with E-state index in [0.717, 1.165) is 18.6 Å². The van der Waals surface area contributed by atoms with Gasteiger partial charge in [-0.05, 0) is 31.9 Å². The molecule has 2 heterocycles. The third-order valence-corrected chi connectivity index (χ3v) is 4.18. The molecule has 2 N–H and O–H groups in total. The highest BCUT2D eigenvalue weighted by atomic mass is 16.3. The second kappa shape index (κ2) is 6.90. The van der Waals surface area contributed by atoms with Gasteiger partial charge in [-0.15, -0.1) is 0 Å². The number of nitrogens with zero attached hydrogens (tertiary/aromatic N) is 2. The largest absolute Gasteiger partial charge is 0.467 e. The molecule has 1 aromatic rings. The maximum Gasteiger partial charge on any atom is 0.236 e. The van der Waals surface area contributed by atoms with E-state index in [0.29, 0.717) is 31.7 Å². The lowest BCUT2D eigenvalue weighted by Gasteiger charge is -2.40. The van der Waals surface area contributed by atoms with E-state index in [1.165, 1.54) is 6.42 Å². The number of furan rings is 1. The molecule has 0 radical (unpaired) electrons. The van der Waals surface area contributed by atoms with Gasteiger partial charge in [-0.2, -0.15) is 0 Å². The van der Waals surface area contributed by atoms with Crippen molar-refractivity contribution in [2.24, 2.45) is 5.73 Å². The van der Waals surface area contributed by atoms with Gasteiger partial charge in [-0.1, -0.05) is 6.42 Å². The molecule has 5 heteroatoms. The Kier molecular flexibility index (Phi) is 5.20. The highest BCUT2D eigenvalue weighted by Gasteiger charge is 2.29. The summed E-state index contributed by atoms with van der Waals surface area (Å²) in [5.41, 5.74) is 5.84. The van der Waals surface area contributed by atoms with Gasteiger partial charge in [-0.3, -0.25) is 9.69 Å². The van der Waals surface area contributed by atoms with Gasteiger partial charge in [0.2, 0.25) is 5.91 Å². The van der Waals surface area contributed by atoms with Crippen molar-refractivity contribution in [3.8, 4) is 0 Å². The fraction of sp³-hybridized carbons (Fsp3) is 0.667. The topological polar surface area (TPSA) is 62.7 Å². The molecule has 2 unspecified atom stereocenters. The smallest absolute Gasteiger partial charge is 0.236 e. The van der Waals surface area contributed by atoms with Crippen LogP contribution in [0.15, 0.2) is 22.8 Å². The standard InChI is InChI=1S/C15H25N3O2/c1-12-5-3-6-13(9-16)18(12)11-15(19)17(2)10-14-7-4-8-20-14/h4,7-8,12-13H,3,5-6,9-11,16H2,1-2H3. The van der Waals surface area contributed by atoms with Crippen molar-refractivity contribution in [1.29, 1.82) is 0 Å². The molecule has 1 aliphatic heterocycles. The van der Waals surface area contributed by atoms with E-state index in [9.17, 15) is 4.79 Å². The number of likely N-dealkylation sites (tertiary alicyclic amines) is 1. The minimum absolute atomic E-state index is 0.119. The van der Waals surface area contributed by atoms with Crippen LogP contribution in [0.4, 0.5) is 0 Å². The monoisotopic (exact) mass is 279 g/mol. The van der Waals surface area contributed by atoms with Gasteiger partial charge in [-0.25, -0.2) is 0 Å². The third-order valence-electron chi connectivity index (χ3n) is 4.18. The summed E-state index contributed by atoms with van der Waals surface area (Å²) in [6.45, 7) is 3.77. The molecule has 1 amide bonds. The summed E-state index contributed by atoms with van der Waals surface area (Å²) in [5, 5.41) is 0. The van der Waals surface area contributed by atoms with Crippen molar-refractivity contribution in [1.82, 2.24) is 9.80 Å². The average molecular weight is 279 g/mol. The van der Waals surface area contributed by atoms with Gasteiger partial charge in [0.05, 0.1) is 19.4 Å². The van der Waals surface area contributed by atoms with Crippen LogP contribution in [0.3, 0.4) is 0 Å². The lowest BCUT2D eigenvalue weighted by atomic mass is 9.96. The Balaban J connectivity index is 1.91. The second-order valence-electron chi connectivity index (χ2n) is 5.67. The number of carbonyl (C=O) groups is 1. The van der Waals surface area contributed by atoms with Crippen molar-refractivity contribution < 1.29 is 9.21 Å². The summed E-state index contributed by atoms with van der Waals surface area (Å²) < 4.78 is 5.28. The van der Waals surface area contributed by atoms with Gasteiger partial charge in [0.25, 0.3) is 0 Å². The normalized spacial score (nSPS) is 23.8. The first kappa shape index (κ1) is 15.1. The van der Waals surface area contributed by atoms with Gasteiger partial charge in [0.1, 0.15) is 5.76 Å². The summed E-state index contributed by atoms with van der Waals surface area (Å²) in [6, 6.07) is 4.49. The molecule has 2 rings (SSSR count). The summed E-state index contributed by atoms with van der Waals surface area (Å²) in [4.78, 5) is 16.3. The summed E-state index contributed by atoms with van der Waals surface area (Å²) in [5.74, 6) is 0.927. The lowest BCUT2D eigenvalue weighted by molar-refractivity contribution is -0.133. The number of amides is 1. The highest BCUT2D eigenvalue weighted by molar-refractivity contribution is 5.78. The number of nitrogens with two attached hydrogens (primary N) is 1. The maximum atomic E-state index is 12.3. The maximum absolute atomic E-state index is 12.3. The zero-order valence-electron chi connectivity index (χ0n) is 12.4. The molecule has 1 saturated heterocycles. The van der Waals surface area contributed by atoms with E-state index in [4.69, 9.17) is 10.2 Å². The fourth-order valence-electron chi connectivity index (χ4n) is 2.88. The predicted octanol–water partition coefficient (Wildman–Crippen LogP) is 1.44. The summed E-state index contributed by atoms with van der Waals surface area (Å²) in [7, 11) is 1.82. The predicted molar refractivity (Wildman–Crippen MR) is 78.0 cm³/mol. The van der Waals surface area contributed by atoms with Crippen LogP contribution < -0.4 is 5.73 Å². The van der Waals surface area contributed by atoms with E-state index in [2.05, 4.69) is 11.8 Å². The molecule has 0 aliphatic carbocycles. The summed E-state index contributed by atoms with van der Waals surface area (Å²) >= 11 is 0. The van der Waals surface area contributed by atoms with Crippen molar-refractivity contribution in [2.45, 2.75) is 44.8 Å². The van der Waals surface area contributed by atoms with Gasteiger partial charge >= 0.3 is 0 Å². The fourth-order valence-corrected chi connectivity index (χ4v) is 2.88. The molecule has 1 aromatic heterocycles. The molecule has 1 fully saturated rings. The Bertz CT molecular complexity index is 419. The molecular formula is C15H25N3O2. The van der Waals surface area contributed by atoms with Gasteiger partial charge < -0.3 is 15.1 Å². The number of hydrogen-bond donors (Lipinski definition) is 1. The summed E-state index contributed by atoms with van der Waals surface area (Å²) in [6.07, 6.45) is 5.07. The van der Waals surface area contributed by atoms with Crippen molar-refractivity contribution in [2.75, 3.05) is 20.1 Å². The molecule has 112 valence electrons. The van der Waals surface area contributed by atoms with Gasteiger partial charge in [0.15, 0.2) is 0 Å². The van der Waals surface area contributed by atoms with Crippen LogP contribution >= 0.6 is 0 Å². The number of likely N-dealkylation sites (N-methyl/N-ethyl adjacent to an activating group) is 1. The number of hydrogen-bond acceptors (Lipinski definition) is 4. The average Bonchev–Trinajstić information content (AvgIpc) is 2.93. The van der Waals surface area contributed by atoms with E-state index >= 15 is 0 Å². The van der Waals surface area contributed by atoms with E-state index in [1.54, 1.807) is 11.2 Å². The van der Waals surface area contributed by atoms with Crippen LogP contribution in [0.5, 0.6) is 0 Å². The first-order valence-electron chi connectivity index (χ1n) is 7.34. The molecular weight excluding hydrogens is 254 g/mol. The van der Waals surface area contributed by atoms with Crippen LogP contribution in [0.2, 0.25) is 0 Å². The second-order valence-corrected chi connectivity index (χ2v) is 5.67. The van der Waals surface area contributed by atoms with Crippen molar-refractivity contribution >= 4 is 5.91 Å². The molecule has 0 bridgehead atoms. The minimum Gasteiger partial charge on any atom is -0.467 e. The van der Waals surface area contributed by atoms with E-state index < -0.39 is 0 Å². The highest BCUT2D eigenvalue weighted by Crippen LogP contribution is 2.22. The Labute approximate surface area is 120 Å². The quantitative estimate of drug-likeness (QED) is 0.886. The number of piperidine rings is 1. The Morgan fingerprint density at radius 3 is 3.00 bits per heavy atom. The first-order chi connectivity index (χ1) is 9.61. The molecule has 2 atom stereocenters. The Morgan fingerprint density at radius 2 is 2.35 bits per heavy atom. The molecule has 20 heavy (non-hydrogen) atoms. The molecule has 1 aliphatic rings. The minimum atomic E-state index is 0.119. The lowest BCUT2D eigenvalue weighted by Crippen LogP contribution is -2.52. The molecule has 5 nitrogen and oxygen atoms in total.